The highest BCUT2D eigenvalue weighted by Crippen LogP contribution is 2.40. The summed E-state index contributed by atoms with van der Waals surface area (Å²) in [5.74, 6) is 0.567. The normalized spacial score (nSPS) is 15.9. The van der Waals surface area contributed by atoms with Gasteiger partial charge in [-0.15, -0.1) is 0 Å². The van der Waals surface area contributed by atoms with Crippen LogP contribution in [0.4, 0.5) is 0 Å². The van der Waals surface area contributed by atoms with Gasteiger partial charge in [-0.05, 0) is 54.5 Å². The number of ether oxygens (including phenoxy) is 1. The van der Waals surface area contributed by atoms with Crippen LogP contribution >= 0.6 is 11.3 Å². The molecule has 0 saturated heterocycles. The number of hydrogen-bond donors (Lipinski definition) is 1. The van der Waals surface area contributed by atoms with Crippen molar-refractivity contribution in [3.05, 3.63) is 103 Å². The molecular weight excluding hydrogens is 448 g/mol. The Morgan fingerprint density at radius 3 is 2.68 bits per heavy atom. The largest absolute Gasteiger partial charge is 0.508 e. The van der Waals surface area contributed by atoms with Crippen molar-refractivity contribution in [3.63, 3.8) is 0 Å². The second-order valence-corrected chi connectivity index (χ2v) is 9.14. The molecule has 1 unspecified atom stereocenters. The van der Waals surface area contributed by atoms with Crippen LogP contribution in [-0.2, 0) is 4.79 Å². The van der Waals surface area contributed by atoms with E-state index >= 15 is 0 Å². The van der Waals surface area contributed by atoms with Gasteiger partial charge in [0.05, 0.1) is 17.7 Å². The zero-order valence-corrected chi connectivity index (χ0v) is 19.7. The number of carbonyl (C=O) groups excluding carboxylic acids is 1. The third-order valence-corrected chi connectivity index (χ3v) is 6.98. The van der Waals surface area contributed by atoms with E-state index in [-0.39, 0.29) is 17.1 Å². The monoisotopic (exact) mass is 470 g/mol. The highest BCUT2D eigenvalue weighted by molar-refractivity contribution is 7.07. The Labute approximate surface area is 199 Å². The standard InChI is InChI=1S/C27H22N2O4S/c1-15-23(16(2)30)25(24-20-10-5-4-8-18(20)11-12-21(24)33-3)29-26(32)22(34-27(29)28-15)14-17-7-6-9-19(31)13-17/h4-14,25,31H,1-3H3. The lowest BCUT2D eigenvalue weighted by Crippen LogP contribution is -2.39. The van der Waals surface area contributed by atoms with Crippen molar-refractivity contribution in [1.29, 1.82) is 0 Å². The van der Waals surface area contributed by atoms with E-state index in [0.29, 0.717) is 31.9 Å². The van der Waals surface area contributed by atoms with E-state index in [1.165, 1.54) is 18.3 Å². The molecule has 0 saturated carbocycles. The molecule has 1 aliphatic rings. The van der Waals surface area contributed by atoms with Gasteiger partial charge in [0.2, 0.25) is 0 Å². The smallest absolute Gasteiger partial charge is 0.271 e. The molecule has 1 aromatic heterocycles. The zero-order chi connectivity index (χ0) is 24.0. The van der Waals surface area contributed by atoms with E-state index in [4.69, 9.17) is 4.74 Å². The van der Waals surface area contributed by atoms with Crippen molar-refractivity contribution in [2.75, 3.05) is 7.11 Å². The second-order valence-electron chi connectivity index (χ2n) is 8.14. The van der Waals surface area contributed by atoms with Crippen molar-refractivity contribution in [3.8, 4) is 11.5 Å². The molecule has 1 aliphatic heterocycles. The number of fused-ring (bicyclic) bond motifs is 2. The molecule has 0 bridgehead atoms. The maximum absolute atomic E-state index is 13.7. The van der Waals surface area contributed by atoms with E-state index in [1.807, 2.05) is 42.5 Å². The summed E-state index contributed by atoms with van der Waals surface area (Å²) in [5.41, 5.74) is 2.25. The fourth-order valence-electron chi connectivity index (χ4n) is 4.55. The van der Waals surface area contributed by atoms with Crippen molar-refractivity contribution in [2.24, 2.45) is 4.99 Å². The number of Topliss-reactive ketones (excluding diaryl/α,β-unsaturated/α-hetero) is 1. The van der Waals surface area contributed by atoms with Gasteiger partial charge in [0.1, 0.15) is 11.5 Å². The summed E-state index contributed by atoms with van der Waals surface area (Å²) >= 11 is 1.26. The molecular formula is C27H22N2O4S. The fourth-order valence-corrected chi connectivity index (χ4v) is 5.59. The molecule has 3 aromatic carbocycles. The molecule has 34 heavy (non-hydrogen) atoms. The van der Waals surface area contributed by atoms with E-state index in [1.54, 1.807) is 42.9 Å². The molecule has 6 nitrogen and oxygen atoms in total. The zero-order valence-electron chi connectivity index (χ0n) is 18.9. The van der Waals surface area contributed by atoms with Crippen molar-refractivity contribution in [2.45, 2.75) is 19.9 Å². The van der Waals surface area contributed by atoms with Crippen LogP contribution in [0, 0.1) is 0 Å². The number of thiazole rings is 1. The average Bonchev–Trinajstić information content (AvgIpc) is 3.11. The van der Waals surface area contributed by atoms with E-state index < -0.39 is 6.04 Å². The van der Waals surface area contributed by atoms with Crippen LogP contribution in [0.5, 0.6) is 11.5 Å². The number of aromatic hydroxyl groups is 1. The molecule has 2 heterocycles. The molecule has 1 atom stereocenters. The summed E-state index contributed by atoms with van der Waals surface area (Å²) in [7, 11) is 1.59. The number of allylic oxidation sites excluding steroid dienone is 2. The van der Waals surface area contributed by atoms with Gasteiger partial charge in [0, 0.05) is 16.8 Å². The number of methoxy groups -OCH3 is 1. The van der Waals surface area contributed by atoms with E-state index in [0.717, 1.165) is 16.3 Å². The minimum Gasteiger partial charge on any atom is -0.508 e. The molecule has 7 heteroatoms. The lowest BCUT2D eigenvalue weighted by atomic mass is 9.89. The van der Waals surface area contributed by atoms with Crippen molar-refractivity contribution in [1.82, 2.24) is 4.57 Å². The number of carbonyl (C=O) groups is 1. The van der Waals surface area contributed by atoms with E-state index in [9.17, 15) is 14.7 Å². The minimum atomic E-state index is -0.680. The first-order valence-corrected chi connectivity index (χ1v) is 11.6. The van der Waals surface area contributed by atoms with Crippen molar-refractivity contribution < 1.29 is 14.6 Å². The first-order chi connectivity index (χ1) is 16.4. The Kier molecular flexibility index (Phi) is 5.42. The summed E-state index contributed by atoms with van der Waals surface area (Å²) in [6, 6.07) is 17.7. The first-order valence-electron chi connectivity index (χ1n) is 10.8. The quantitative estimate of drug-likeness (QED) is 0.493. The number of benzene rings is 3. The summed E-state index contributed by atoms with van der Waals surface area (Å²) in [4.78, 5) is 31.8. The molecule has 4 aromatic rings. The predicted octanol–water partition coefficient (Wildman–Crippen LogP) is 3.69. The number of hydrogen-bond acceptors (Lipinski definition) is 6. The molecule has 0 amide bonds. The third kappa shape index (κ3) is 3.54. The van der Waals surface area contributed by atoms with Crippen LogP contribution in [-0.4, -0.2) is 22.6 Å². The first kappa shape index (κ1) is 21.9. The molecule has 1 N–H and O–H groups in total. The van der Waals surface area contributed by atoms with Gasteiger partial charge in [-0.3, -0.25) is 14.2 Å². The van der Waals surface area contributed by atoms with Crippen LogP contribution in [0.1, 0.15) is 31.0 Å². The van der Waals surface area contributed by atoms with Gasteiger partial charge in [0.15, 0.2) is 10.6 Å². The van der Waals surface area contributed by atoms with Crippen molar-refractivity contribution >= 4 is 34.0 Å². The Bertz CT molecular complexity index is 1680. The van der Waals surface area contributed by atoms with Crippen LogP contribution in [0.15, 0.2) is 81.7 Å². The molecule has 0 radical (unpaired) electrons. The number of phenolic OH excluding ortho intramolecular Hbond substituents is 1. The Hall–Kier alpha value is -3.97. The highest BCUT2D eigenvalue weighted by Gasteiger charge is 2.33. The number of ketones is 1. The number of aromatic nitrogens is 1. The predicted molar refractivity (Wildman–Crippen MR) is 133 cm³/mol. The van der Waals surface area contributed by atoms with Gasteiger partial charge in [-0.25, -0.2) is 4.99 Å². The van der Waals surface area contributed by atoms with Gasteiger partial charge >= 0.3 is 0 Å². The second kappa shape index (κ2) is 8.43. The number of rotatable bonds is 4. The summed E-state index contributed by atoms with van der Waals surface area (Å²) < 4.78 is 7.78. The topological polar surface area (TPSA) is 80.9 Å². The third-order valence-electron chi connectivity index (χ3n) is 5.99. The van der Waals surface area contributed by atoms with E-state index in [2.05, 4.69) is 4.99 Å². The van der Waals surface area contributed by atoms with Gasteiger partial charge in [0.25, 0.3) is 5.56 Å². The SMILES string of the molecule is COc1ccc2ccccc2c1C1C(C(C)=O)=C(C)N=c2sc(=Cc3cccc(O)c3)c(=O)n21. The van der Waals surface area contributed by atoms with Crippen LogP contribution in [0.3, 0.4) is 0 Å². The summed E-state index contributed by atoms with van der Waals surface area (Å²) in [5, 5.41) is 11.7. The summed E-state index contributed by atoms with van der Waals surface area (Å²) in [6.07, 6.45) is 1.73. The molecule has 0 spiro atoms. The Morgan fingerprint density at radius 1 is 1.15 bits per heavy atom. The summed E-state index contributed by atoms with van der Waals surface area (Å²) in [6.45, 7) is 3.30. The molecule has 0 fully saturated rings. The van der Waals surface area contributed by atoms with Crippen LogP contribution in [0.2, 0.25) is 0 Å². The minimum absolute atomic E-state index is 0.120. The molecule has 170 valence electrons. The number of nitrogens with zero attached hydrogens (tertiary/aromatic N) is 2. The highest BCUT2D eigenvalue weighted by atomic mass is 32.1. The Balaban J connectivity index is 1.87. The fraction of sp³-hybridized carbons (Fsp3) is 0.148. The van der Waals surface area contributed by atoms with Crippen LogP contribution < -0.4 is 19.6 Å². The lowest BCUT2D eigenvalue weighted by Gasteiger charge is -2.27. The molecule has 0 aliphatic carbocycles. The lowest BCUT2D eigenvalue weighted by molar-refractivity contribution is -0.114. The molecule has 5 rings (SSSR count). The Morgan fingerprint density at radius 2 is 1.94 bits per heavy atom. The average molecular weight is 471 g/mol. The number of phenols is 1. The van der Waals surface area contributed by atoms with Gasteiger partial charge in [-0.2, -0.15) is 0 Å². The van der Waals surface area contributed by atoms with Crippen LogP contribution in [0.25, 0.3) is 16.8 Å². The van der Waals surface area contributed by atoms with Gasteiger partial charge < -0.3 is 9.84 Å². The maximum atomic E-state index is 13.7. The van der Waals surface area contributed by atoms with Gasteiger partial charge in [-0.1, -0.05) is 53.8 Å². The maximum Gasteiger partial charge on any atom is 0.271 e.